The summed E-state index contributed by atoms with van der Waals surface area (Å²) in [5.41, 5.74) is 3.15. The number of fused-ring (bicyclic) bond motifs is 5. The highest BCUT2D eigenvalue weighted by Gasteiger charge is 2.53. The van der Waals surface area contributed by atoms with Gasteiger partial charge in [0, 0.05) is 0 Å². The van der Waals surface area contributed by atoms with Crippen LogP contribution in [0.15, 0.2) is 12.1 Å². The maximum Gasteiger partial charge on any atom is 0.165 e. The van der Waals surface area contributed by atoms with Crippen molar-refractivity contribution in [1.29, 1.82) is 0 Å². The van der Waals surface area contributed by atoms with Crippen molar-refractivity contribution in [2.24, 2.45) is 23.2 Å². The molecule has 0 spiro atoms. The van der Waals surface area contributed by atoms with Gasteiger partial charge >= 0.3 is 0 Å². The summed E-state index contributed by atoms with van der Waals surface area (Å²) >= 11 is 0. The minimum atomic E-state index is -0.185. The predicted molar refractivity (Wildman–Crippen MR) is 86.7 cm³/mol. The summed E-state index contributed by atoms with van der Waals surface area (Å²) in [4.78, 5) is 0. The van der Waals surface area contributed by atoms with Crippen LogP contribution in [0.2, 0.25) is 0 Å². The lowest BCUT2D eigenvalue weighted by molar-refractivity contribution is 0.0335. The molecule has 0 N–H and O–H groups in total. The van der Waals surface area contributed by atoms with E-state index in [1.165, 1.54) is 43.2 Å². The van der Waals surface area contributed by atoms with Crippen molar-refractivity contribution in [1.82, 2.24) is 0 Å². The molecule has 0 bridgehead atoms. The number of aryl methyl sites for hydroxylation is 1. The molecule has 3 aliphatic rings. The molecular weight excluding hydrogens is 275 g/mol. The van der Waals surface area contributed by atoms with Gasteiger partial charge < -0.3 is 4.74 Å². The third kappa shape index (κ3) is 1.88. The average molecular weight is 302 g/mol. The number of halogens is 1. The second-order valence-electron chi connectivity index (χ2n) is 8.12. The molecule has 1 nitrogen and oxygen atoms in total. The topological polar surface area (TPSA) is 9.23 Å². The lowest BCUT2D eigenvalue weighted by atomic mass is 9.54. The van der Waals surface area contributed by atoms with Gasteiger partial charge in [-0.2, -0.15) is 0 Å². The van der Waals surface area contributed by atoms with Crippen molar-refractivity contribution in [3.05, 3.63) is 29.1 Å². The van der Waals surface area contributed by atoms with Gasteiger partial charge in [0.1, 0.15) is 0 Å². The Balaban J connectivity index is 1.71. The van der Waals surface area contributed by atoms with Gasteiger partial charge in [0.2, 0.25) is 0 Å². The van der Waals surface area contributed by atoms with Crippen molar-refractivity contribution in [3.8, 4) is 5.75 Å². The monoisotopic (exact) mass is 302 g/mol. The molecule has 1 aromatic rings. The molecular formula is C20H27FO. The Hall–Kier alpha value is -1.05. The van der Waals surface area contributed by atoms with Gasteiger partial charge in [0.15, 0.2) is 11.6 Å². The number of benzene rings is 1. The molecule has 3 aliphatic carbocycles. The number of ether oxygens (including phenoxy) is 1. The Morgan fingerprint density at radius 1 is 1.18 bits per heavy atom. The number of methoxy groups -OCH3 is 1. The first-order valence-corrected chi connectivity index (χ1v) is 8.91. The van der Waals surface area contributed by atoms with E-state index < -0.39 is 0 Å². The fraction of sp³-hybridized carbons (Fsp3) is 0.700. The van der Waals surface area contributed by atoms with Gasteiger partial charge in [-0.15, -0.1) is 0 Å². The molecule has 0 aromatic heterocycles. The van der Waals surface area contributed by atoms with E-state index in [9.17, 15) is 4.39 Å². The zero-order valence-corrected chi connectivity index (χ0v) is 14.0. The second kappa shape index (κ2) is 4.97. The fourth-order valence-corrected chi connectivity index (χ4v) is 5.99. The van der Waals surface area contributed by atoms with Crippen LogP contribution in [-0.2, 0) is 6.42 Å². The highest BCUT2D eigenvalue weighted by molar-refractivity contribution is 5.41. The first kappa shape index (κ1) is 14.5. The van der Waals surface area contributed by atoms with E-state index in [-0.39, 0.29) is 5.82 Å². The third-order valence-corrected chi connectivity index (χ3v) is 7.47. The minimum Gasteiger partial charge on any atom is -0.494 e. The van der Waals surface area contributed by atoms with E-state index in [0.717, 1.165) is 24.2 Å². The van der Waals surface area contributed by atoms with E-state index in [1.807, 2.05) is 6.07 Å². The molecule has 0 amide bonds. The van der Waals surface area contributed by atoms with E-state index in [4.69, 9.17) is 4.74 Å². The zero-order chi connectivity index (χ0) is 15.5. The summed E-state index contributed by atoms with van der Waals surface area (Å²) in [6, 6.07) is 3.73. The zero-order valence-electron chi connectivity index (χ0n) is 14.0. The molecule has 22 heavy (non-hydrogen) atoms. The maximum absolute atomic E-state index is 14.2. The smallest absolute Gasteiger partial charge is 0.165 e. The molecule has 3 unspecified atom stereocenters. The average Bonchev–Trinajstić information content (AvgIpc) is 2.82. The SMILES string of the molecule is COc1cc2c(cc1F)C1CC[C@@]3(C)C(CC[C@@H]3C)C1CC2. The van der Waals surface area contributed by atoms with Crippen LogP contribution in [0.4, 0.5) is 4.39 Å². The molecule has 2 fully saturated rings. The normalized spacial score (nSPS) is 39.8. The standard InChI is InChI=1S/C20H27FO/c1-12-4-7-17-15-6-5-13-10-19(22-3)18(21)11-16(13)14(15)8-9-20(12,17)2/h10-12,14-15,17H,4-9H2,1-3H3/t12-,14?,15?,17?,20+/m0/s1. The van der Waals surface area contributed by atoms with Gasteiger partial charge in [0.25, 0.3) is 0 Å². The van der Waals surface area contributed by atoms with Gasteiger partial charge in [-0.25, -0.2) is 4.39 Å². The fourth-order valence-electron chi connectivity index (χ4n) is 5.99. The van der Waals surface area contributed by atoms with Crippen molar-refractivity contribution >= 4 is 0 Å². The van der Waals surface area contributed by atoms with Crippen LogP contribution in [0.5, 0.6) is 5.75 Å². The molecule has 0 aliphatic heterocycles. The lowest BCUT2D eigenvalue weighted by Crippen LogP contribution is -2.41. The van der Waals surface area contributed by atoms with Crippen LogP contribution in [-0.4, -0.2) is 7.11 Å². The van der Waals surface area contributed by atoms with Crippen LogP contribution >= 0.6 is 0 Å². The Labute approximate surface area is 133 Å². The molecule has 0 heterocycles. The number of rotatable bonds is 1. The summed E-state index contributed by atoms with van der Waals surface area (Å²) in [6.45, 7) is 4.97. The van der Waals surface area contributed by atoms with Crippen molar-refractivity contribution < 1.29 is 9.13 Å². The molecule has 120 valence electrons. The van der Waals surface area contributed by atoms with Crippen LogP contribution in [0.1, 0.15) is 63.0 Å². The Morgan fingerprint density at radius 2 is 2.00 bits per heavy atom. The highest BCUT2D eigenvalue weighted by atomic mass is 19.1. The van der Waals surface area contributed by atoms with Crippen molar-refractivity contribution in [2.75, 3.05) is 7.11 Å². The Morgan fingerprint density at radius 3 is 2.77 bits per heavy atom. The van der Waals surface area contributed by atoms with E-state index in [1.54, 1.807) is 13.2 Å². The largest absolute Gasteiger partial charge is 0.494 e. The maximum atomic E-state index is 14.2. The molecule has 2 saturated carbocycles. The number of hydrogen-bond acceptors (Lipinski definition) is 1. The molecule has 0 radical (unpaired) electrons. The van der Waals surface area contributed by atoms with Crippen molar-refractivity contribution in [2.45, 2.75) is 58.3 Å². The van der Waals surface area contributed by atoms with Crippen LogP contribution in [0.3, 0.4) is 0 Å². The van der Waals surface area contributed by atoms with E-state index >= 15 is 0 Å². The quantitative estimate of drug-likeness (QED) is 0.681. The molecule has 5 atom stereocenters. The van der Waals surface area contributed by atoms with Gasteiger partial charge in [-0.05, 0) is 90.9 Å². The third-order valence-electron chi connectivity index (χ3n) is 7.47. The summed E-state index contributed by atoms with van der Waals surface area (Å²) in [6.07, 6.45) is 7.68. The van der Waals surface area contributed by atoms with Gasteiger partial charge in [0.05, 0.1) is 7.11 Å². The molecule has 1 aromatic carbocycles. The first-order chi connectivity index (χ1) is 10.5. The van der Waals surface area contributed by atoms with Crippen LogP contribution in [0.25, 0.3) is 0 Å². The summed E-state index contributed by atoms with van der Waals surface area (Å²) < 4.78 is 19.4. The van der Waals surface area contributed by atoms with Gasteiger partial charge in [-0.1, -0.05) is 13.8 Å². The Bertz CT molecular complexity index is 596. The first-order valence-electron chi connectivity index (χ1n) is 8.91. The van der Waals surface area contributed by atoms with E-state index in [2.05, 4.69) is 13.8 Å². The van der Waals surface area contributed by atoms with Crippen LogP contribution < -0.4 is 4.74 Å². The van der Waals surface area contributed by atoms with Crippen molar-refractivity contribution in [3.63, 3.8) is 0 Å². The van der Waals surface area contributed by atoms with E-state index in [0.29, 0.717) is 17.1 Å². The van der Waals surface area contributed by atoms with Gasteiger partial charge in [-0.3, -0.25) is 0 Å². The molecule has 0 saturated heterocycles. The summed E-state index contributed by atoms with van der Waals surface area (Å²) in [7, 11) is 1.56. The minimum absolute atomic E-state index is 0.185. The molecule has 2 heteroatoms. The summed E-state index contributed by atoms with van der Waals surface area (Å²) in [5.74, 6) is 3.27. The van der Waals surface area contributed by atoms with Crippen LogP contribution in [0, 0.1) is 29.0 Å². The lowest BCUT2D eigenvalue weighted by Gasteiger charge is -2.50. The molecule has 4 rings (SSSR count). The predicted octanol–water partition coefficient (Wildman–Crippen LogP) is 5.33. The summed E-state index contributed by atoms with van der Waals surface area (Å²) in [5, 5.41) is 0. The highest BCUT2D eigenvalue weighted by Crippen LogP contribution is 2.62. The second-order valence-corrected chi connectivity index (χ2v) is 8.12. The Kier molecular flexibility index (Phi) is 3.29. The number of hydrogen-bond donors (Lipinski definition) is 0.